The van der Waals surface area contributed by atoms with E-state index in [9.17, 15) is 4.79 Å². The molecule has 0 unspecified atom stereocenters. The maximum Gasteiger partial charge on any atom is 0.272 e. The largest absolute Gasteiger partial charge is 0.350 e. The summed E-state index contributed by atoms with van der Waals surface area (Å²) in [5.41, 5.74) is 2.55. The molecule has 3 heterocycles. The first kappa shape index (κ1) is 17.0. The lowest BCUT2D eigenvalue weighted by Crippen LogP contribution is -2.48. The Morgan fingerprint density at radius 3 is 2.31 bits per heavy atom. The third kappa shape index (κ3) is 3.30. The third-order valence-electron chi connectivity index (χ3n) is 5.36. The first-order chi connectivity index (χ1) is 12.5. The van der Waals surface area contributed by atoms with Crippen molar-refractivity contribution in [2.75, 3.05) is 18.0 Å². The molecule has 7 nitrogen and oxygen atoms in total. The van der Waals surface area contributed by atoms with Gasteiger partial charge in [-0.2, -0.15) is 5.10 Å². The number of carbonyl (C=O) groups is 1. The van der Waals surface area contributed by atoms with Gasteiger partial charge in [0.05, 0.1) is 5.69 Å². The van der Waals surface area contributed by atoms with Crippen LogP contribution in [0.4, 0.5) is 5.82 Å². The van der Waals surface area contributed by atoms with E-state index >= 15 is 0 Å². The normalized spacial score (nSPS) is 18.2. The lowest BCUT2D eigenvalue weighted by molar-refractivity contribution is 0.0700. The molecule has 0 spiro atoms. The van der Waals surface area contributed by atoms with Crippen LogP contribution < -0.4 is 4.90 Å². The summed E-state index contributed by atoms with van der Waals surface area (Å²) >= 11 is 0. The van der Waals surface area contributed by atoms with E-state index in [1.165, 1.54) is 12.8 Å². The van der Waals surface area contributed by atoms with Crippen LogP contribution >= 0.6 is 0 Å². The molecule has 1 saturated heterocycles. The average molecular weight is 354 g/mol. The Balaban J connectivity index is 1.45. The summed E-state index contributed by atoms with van der Waals surface area (Å²) in [6.07, 6.45) is 6.07. The molecule has 2 aromatic heterocycles. The molecular weight excluding hydrogens is 328 g/mol. The van der Waals surface area contributed by atoms with E-state index in [1.807, 2.05) is 31.9 Å². The molecule has 7 heteroatoms. The Morgan fingerprint density at radius 2 is 1.73 bits per heavy atom. The molecule has 2 aliphatic rings. The van der Waals surface area contributed by atoms with Gasteiger partial charge in [0.25, 0.3) is 5.91 Å². The highest BCUT2D eigenvalue weighted by molar-refractivity contribution is 5.92. The van der Waals surface area contributed by atoms with Crippen LogP contribution in [0, 0.1) is 13.8 Å². The molecule has 1 aliphatic carbocycles. The molecule has 1 aliphatic heterocycles. The number of amides is 1. The van der Waals surface area contributed by atoms with Gasteiger partial charge in [0.1, 0.15) is 17.8 Å². The van der Waals surface area contributed by atoms with E-state index in [1.54, 1.807) is 11.0 Å². The van der Waals surface area contributed by atoms with Gasteiger partial charge in [-0.25, -0.2) is 9.97 Å². The summed E-state index contributed by atoms with van der Waals surface area (Å²) in [5.74, 6) is 1.12. The third-order valence-corrected chi connectivity index (χ3v) is 5.36. The number of likely N-dealkylation sites (tertiary alicyclic amines) is 1. The monoisotopic (exact) mass is 354 g/mol. The zero-order valence-electron chi connectivity index (χ0n) is 15.7. The first-order valence-electron chi connectivity index (χ1n) is 9.40. The molecule has 138 valence electrons. The van der Waals surface area contributed by atoms with Crippen LogP contribution in [-0.2, 0) is 7.05 Å². The Hall–Kier alpha value is -2.44. The number of rotatable bonds is 4. The Bertz CT molecular complexity index is 804. The number of aryl methyl sites for hydroxylation is 3. The van der Waals surface area contributed by atoms with E-state index in [4.69, 9.17) is 0 Å². The van der Waals surface area contributed by atoms with Crippen LogP contribution in [0.3, 0.4) is 0 Å². The lowest BCUT2D eigenvalue weighted by atomic mass is 10.0. The SMILES string of the molecule is Cc1cc(N(C2CC2)C2CCN(C(=O)c3cc(C)nn3C)CC2)ncn1. The second-order valence-electron chi connectivity index (χ2n) is 7.47. The van der Waals surface area contributed by atoms with Crippen LogP contribution in [0.2, 0.25) is 0 Å². The predicted octanol–water partition coefficient (Wildman–Crippen LogP) is 2.10. The average Bonchev–Trinajstić information content (AvgIpc) is 3.39. The van der Waals surface area contributed by atoms with Gasteiger partial charge >= 0.3 is 0 Å². The number of aromatic nitrogens is 4. The van der Waals surface area contributed by atoms with Crippen LogP contribution in [0.15, 0.2) is 18.5 Å². The van der Waals surface area contributed by atoms with Crippen molar-refractivity contribution in [1.29, 1.82) is 0 Å². The zero-order chi connectivity index (χ0) is 18.3. The lowest BCUT2D eigenvalue weighted by Gasteiger charge is -2.39. The summed E-state index contributed by atoms with van der Waals surface area (Å²) in [6.45, 7) is 5.48. The van der Waals surface area contributed by atoms with Gasteiger partial charge in [-0.1, -0.05) is 0 Å². The summed E-state index contributed by atoms with van der Waals surface area (Å²) in [5, 5.41) is 4.30. The number of nitrogens with zero attached hydrogens (tertiary/aromatic N) is 6. The van der Waals surface area contributed by atoms with Gasteiger partial charge < -0.3 is 9.80 Å². The summed E-state index contributed by atoms with van der Waals surface area (Å²) in [7, 11) is 1.83. The van der Waals surface area contributed by atoms with E-state index in [-0.39, 0.29) is 5.91 Å². The van der Waals surface area contributed by atoms with Crippen molar-refractivity contribution in [2.24, 2.45) is 7.05 Å². The second kappa shape index (κ2) is 6.70. The minimum absolute atomic E-state index is 0.0856. The number of hydrogen-bond acceptors (Lipinski definition) is 5. The number of anilines is 1. The smallest absolute Gasteiger partial charge is 0.272 e. The van der Waals surface area contributed by atoms with Gasteiger partial charge in [0.15, 0.2) is 0 Å². The van der Waals surface area contributed by atoms with Crippen molar-refractivity contribution >= 4 is 11.7 Å². The second-order valence-corrected chi connectivity index (χ2v) is 7.47. The number of hydrogen-bond donors (Lipinski definition) is 0. The quantitative estimate of drug-likeness (QED) is 0.841. The van der Waals surface area contributed by atoms with Crippen LogP contribution in [0.25, 0.3) is 0 Å². The van der Waals surface area contributed by atoms with Gasteiger partial charge in [-0.15, -0.1) is 0 Å². The molecule has 0 radical (unpaired) electrons. The van der Waals surface area contributed by atoms with Crippen molar-refractivity contribution in [3.05, 3.63) is 35.5 Å². The Morgan fingerprint density at radius 1 is 1.04 bits per heavy atom. The minimum Gasteiger partial charge on any atom is -0.350 e. The van der Waals surface area contributed by atoms with Gasteiger partial charge in [-0.05, 0) is 45.6 Å². The van der Waals surface area contributed by atoms with Crippen molar-refractivity contribution in [3.8, 4) is 0 Å². The molecule has 2 aromatic rings. The molecule has 0 aromatic carbocycles. The summed E-state index contributed by atoms with van der Waals surface area (Å²) < 4.78 is 1.68. The van der Waals surface area contributed by atoms with E-state index in [0.717, 1.165) is 43.1 Å². The van der Waals surface area contributed by atoms with Gasteiger partial charge in [0, 0.05) is 44.0 Å². The fourth-order valence-electron chi connectivity index (χ4n) is 3.93. The van der Waals surface area contributed by atoms with Crippen molar-refractivity contribution in [1.82, 2.24) is 24.6 Å². The molecule has 2 fully saturated rings. The highest BCUT2D eigenvalue weighted by Crippen LogP contribution is 2.35. The van der Waals surface area contributed by atoms with Crippen LogP contribution in [-0.4, -0.2) is 55.7 Å². The van der Waals surface area contributed by atoms with Crippen molar-refractivity contribution < 1.29 is 4.79 Å². The highest BCUT2D eigenvalue weighted by Gasteiger charge is 2.37. The fraction of sp³-hybridized carbons (Fsp3) is 0.579. The standard InChI is InChI=1S/C19H26N6O/c1-13-11-18(21-12-20-13)25(15-4-5-15)16-6-8-24(9-7-16)19(26)17-10-14(2)22-23(17)3/h10-12,15-16H,4-9H2,1-3H3. The molecule has 1 amide bonds. The molecule has 4 rings (SSSR count). The Labute approximate surface area is 154 Å². The summed E-state index contributed by atoms with van der Waals surface area (Å²) in [6, 6.07) is 4.98. The van der Waals surface area contributed by atoms with Gasteiger partial charge in [0.2, 0.25) is 0 Å². The first-order valence-corrected chi connectivity index (χ1v) is 9.40. The van der Waals surface area contributed by atoms with Crippen LogP contribution in [0.1, 0.15) is 47.6 Å². The van der Waals surface area contributed by atoms with Crippen molar-refractivity contribution in [2.45, 2.75) is 51.6 Å². The molecule has 0 bridgehead atoms. The van der Waals surface area contributed by atoms with Crippen LogP contribution in [0.5, 0.6) is 0 Å². The molecular formula is C19H26N6O. The molecule has 0 atom stereocenters. The number of piperidine rings is 1. The maximum atomic E-state index is 12.8. The summed E-state index contributed by atoms with van der Waals surface area (Å²) in [4.78, 5) is 26.0. The predicted molar refractivity (Wildman–Crippen MR) is 99.1 cm³/mol. The highest BCUT2D eigenvalue weighted by atomic mass is 16.2. The van der Waals surface area contributed by atoms with Crippen molar-refractivity contribution in [3.63, 3.8) is 0 Å². The number of carbonyl (C=O) groups excluding carboxylic acids is 1. The van der Waals surface area contributed by atoms with E-state index in [2.05, 4.69) is 26.0 Å². The fourth-order valence-corrected chi connectivity index (χ4v) is 3.93. The van der Waals surface area contributed by atoms with E-state index < -0.39 is 0 Å². The topological polar surface area (TPSA) is 67.2 Å². The van der Waals surface area contributed by atoms with Gasteiger partial charge in [-0.3, -0.25) is 9.48 Å². The Kier molecular flexibility index (Phi) is 4.38. The zero-order valence-corrected chi connectivity index (χ0v) is 15.7. The van der Waals surface area contributed by atoms with E-state index in [0.29, 0.717) is 17.8 Å². The molecule has 0 N–H and O–H groups in total. The molecule has 1 saturated carbocycles. The molecule has 26 heavy (non-hydrogen) atoms. The minimum atomic E-state index is 0.0856. The maximum absolute atomic E-state index is 12.8.